The number of benzene rings is 1. The monoisotopic (exact) mass is 234 g/mol. The number of hydrogen-bond acceptors (Lipinski definition) is 2. The zero-order valence-corrected chi connectivity index (χ0v) is 11.9. The van der Waals surface area contributed by atoms with Gasteiger partial charge in [-0.15, -0.1) is 0 Å². The fourth-order valence-corrected chi connectivity index (χ4v) is 1.77. The second-order valence-electron chi connectivity index (χ2n) is 5.89. The van der Waals surface area contributed by atoms with E-state index in [1.54, 1.807) is 0 Å². The third-order valence-corrected chi connectivity index (χ3v) is 3.16. The molecule has 0 aliphatic rings. The van der Waals surface area contributed by atoms with Gasteiger partial charge in [-0.05, 0) is 64.4 Å². The van der Waals surface area contributed by atoms with Gasteiger partial charge in [0.15, 0.2) is 0 Å². The van der Waals surface area contributed by atoms with Crippen molar-refractivity contribution in [1.29, 1.82) is 0 Å². The Bertz CT molecular complexity index is 364. The summed E-state index contributed by atoms with van der Waals surface area (Å²) >= 11 is 0. The molecule has 96 valence electrons. The first-order valence-electron chi connectivity index (χ1n) is 6.31. The van der Waals surface area contributed by atoms with Crippen molar-refractivity contribution < 1.29 is 0 Å². The molecule has 0 unspecified atom stereocenters. The normalized spacial score (nSPS) is 12.2. The highest BCUT2D eigenvalue weighted by atomic mass is 15.1. The maximum atomic E-state index is 5.99. The Morgan fingerprint density at radius 1 is 1.18 bits per heavy atom. The van der Waals surface area contributed by atoms with E-state index in [2.05, 4.69) is 57.8 Å². The van der Waals surface area contributed by atoms with Gasteiger partial charge >= 0.3 is 0 Å². The van der Waals surface area contributed by atoms with Crippen molar-refractivity contribution in [1.82, 2.24) is 4.90 Å². The molecular weight excluding hydrogens is 208 g/mol. The van der Waals surface area contributed by atoms with Crippen LogP contribution in [0.5, 0.6) is 0 Å². The van der Waals surface area contributed by atoms with E-state index in [1.807, 2.05) is 0 Å². The fraction of sp³-hybridized carbons (Fsp3) is 0.600. The molecule has 0 saturated heterocycles. The largest absolute Gasteiger partial charge is 0.326 e. The Morgan fingerprint density at radius 2 is 1.82 bits per heavy atom. The Balaban J connectivity index is 2.50. The highest BCUT2D eigenvalue weighted by Gasteiger charge is 2.11. The molecule has 2 heteroatoms. The Hall–Kier alpha value is -0.860. The van der Waals surface area contributed by atoms with Crippen LogP contribution in [0.1, 0.15) is 37.0 Å². The van der Waals surface area contributed by atoms with Crippen LogP contribution in [-0.2, 0) is 6.54 Å². The average Bonchev–Trinajstić information content (AvgIpc) is 2.20. The van der Waals surface area contributed by atoms with Gasteiger partial charge in [-0.1, -0.05) is 18.2 Å². The van der Waals surface area contributed by atoms with E-state index in [-0.39, 0.29) is 5.54 Å². The third-order valence-electron chi connectivity index (χ3n) is 3.16. The van der Waals surface area contributed by atoms with Crippen molar-refractivity contribution in [3.8, 4) is 0 Å². The molecule has 0 fully saturated rings. The van der Waals surface area contributed by atoms with Gasteiger partial charge in [0.05, 0.1) is 0 Å². The summed E-state index contributed by atoms with van der Waals surface area (Å²) in [5.74, 6) is 0. The zero-order valence-electron chi connectivity index (χ0n) is 11.9. The van der Waals surface area contributed by atoms with Gasteiger partial charge in [0.2, 0.25) is 0 Å². The lowest BCUT2D eigenvalue weighted by Crippen LogP contribution is -2.36. The smallest absolute Gasteiger partial charge is 0.0230 e. The van der Waals surface area contributed by atoms with E-state index in [0.717, 1.165) is 19.5 Å². The molecule has 2 nitrogen and oxygen atoms in total. The van der Waals surface area contributed by atoms with Crippen LogP contribution in [0.2, 0.25) is 0 Å². The summed E-state index contributed by atoms with van der Waals surface area (Å²) < 4.78 is 0. The molecule has 1 rings (SSSR count). The molecule has 0 bridgehead atoms. The Labute approximate surface area is 106 Å². The van der Waals surface area contributed by atoms with Gasteiger partial charge in [-0.25, -0.2) is 0 Å². The summed E-state index contributed by atoms with van der Waals surface area (Å²) in [6.45, 7) is 10.5. The van der Waals surface area contributed by atoms with Crippen molar-refractivity contribution in [2.24, 2.45) is 5.73 Å². The molecule has 0 amide bonds. The van der Waals surface area contributed by atoms with Crippen LogP contribution >= 0.6 is 0 Å². The molecular formula is C15H26N2. The van der Waals surface area contributed by atoms with E-state index in [9.17, 15) is 0 Å². The van der Waals surface area contributed by atoms with E-state index in [4.69, 9.17) is 5.73 Å². The Morgan fingerprint density at radius 3 is 2.35 bits per heavy atom. The maximum absolute atomic E-state index is 5.99. The van der Waals surface area contributed by atoms with Crippen LogP contribution < -0.4 is 5.73 Å². The molecule has 0 saturated carbocycles. The number of aryl methyl sites for hydroxylation is 2. The predicted octanol–water partition coefficient (Wildman–Crippen LogP) is 2.86. The molecule has 0 radical (unpaired) electrons. The van der Waals surface area contributed by atoms with E-state index >= 15 is 0 Å². The maximum Gasteiger partial charge on any atom is 0.0230 e. The summed E-state index contributed by atoms with van der Waals surface area (Å²) in [5.41, 5.74) is 10.0. The molecule has 1 aromatic carbocycles. The predicted molar refractivity (Wildman–Crippen MR) is 75.1 cm³/mol. The van der Waals surface area contributed by atoms with Crippen LogP contribution in [0.25, 0.3) is 0 Å². The summed E-state index contributed by atoms with van der Waals surface area (Å²) in [6, 6.07) is 6.69. The van der Waals surface area contributed by atoms with Gasteiger partial charge in [-0.3, -0.25) is 0 Å². The highest BCUT2D eigenvalue weighted by molar-refractivity contribution is 5.29. The van der Waals surface area contributed by atoms with Crippen LogP contribution in [0.3, 0.4) is 0 Å². The topological polar surface area (TPSA) is 29.3 Å². The molecule has 17 heavy (non-hydrogen) atoms. The van der Waals surface area contributed by atoms with Crippen molar-refractivity contribution in [3.63, 3.8) is 0 Å². The minimum atomic E-state index is -0.0720. The van der Waals surface area contributed by atoms with Gasteiger partial charge in [0.25, 0.3) is 0 Å². The standard InChI is InChI=1S/C15H26N2/c1-12-6-7-14(10-13(12)2)11-17(5)9-8-15(3,4)16/h6-7,10H,8-9,11,16H2,1-5H3. The fourth-order valence-electron chi connectivity index (χ4n) is 1.77. The average molecular weight is 234 g/mol. The van der Waals surface area contributed by atoms with E-state index in [1.165, 1.54) is 16.7 Å². The molecule has 2 N–H and O–H groups in total. The summed E-state index contributed by atoms with van der Waals surface area (Å²) in [4.78, 5) is 2.33. The molecule has 0 heterocycles. The lowest BCUT2D eigenvalue weighted by Gasteiger charge is -2.23. The van der Waals surface area contributed by atoms with Gasteiger partial charge in [0.1, 0.15) is 0 Å². The lowest BCUT2D eigenvalue weighted by molar-refractivity contribution is 0.289. The molecule has 0 atom stereocenters. The first-order valence-corrected chi connectivity index (χ1v) is 6.31. The van der Waals surface area contributed by atoms with Crippen molar-refractivity contribution >= 4 is 0 Å². The van der Waals surface area contributed by atoms with Gasteiger partial charge in [-0.2, -0.15) is 0 Å². The summed E-state index contributed by atoms with van der Waals surface area (Å²) in [7, 11) is 2.15. The summed E-state index contributed by atoms with van der Waals surface area (Å²) in [5, 5.41) is 0. The Kier molecular flexibility index (Phi) is 4.72. The second-order valence-corrected chi connectivity index (χ2v) is 5.89. The zero-order chi connectivity index (χ0) is 13.1. The van der Waals surface area contributed by atoms with Gasteiger partial charge in [0, 0.05) is 12.1 Å². The minimum Gasteiger partial charge on any atom is -0.326 e. The van der Waals surface area contributed by atoms with Crippen molar-refractivity contribution in [2.75, 3.05) is 13.6 Å². The van der Waals surface area contributed by atoms with E-state index < -0.39 is 0 Å². The van der Waals surface area contributed by atoms with Gasteiger partial charge < -0.3 is 10.6 Å². The van der Waals surface area contributed by atoms with E-state index in [0.29, 0.717) is 0 Å². The summed E-state index contributed by atoms with van der Waals surface area (Å²) in [6.07, 6.45) is 1.02. The molecule has 0 aliphatic heterocycles. The highest BCUT2D eigenvalue weighted by Crippen LogP contribution is 2.12. The van der Waals surface area contributed by atoms with Crippen molar-refractivity contribution in [3.05, 3.63) is 34.9 Å². The van der Waals surface area contributed by atoms with Crippen LogP contribution in [0.4, 0.5) is 0 Å². The van der Waals surface area contributed by atoms with Crippen LogP contribution in [-0.4, -0.2) is 24.0 Å². The molecule has 1 aromatic rings. The first-order chi connectivity index (χ1) is 7.78. The lowest BCUT2D eigenvalue weighted by atomic mass is 10.0. The van der Waals surface area contributed by atoms with Crippen LogP contribution in [0.15, 0.2) is 18.2 Å². The minimum absolute atomic E-state index is 0.0720. The number of hydrogen-bond donors (Lipinski definition) is 1. The number of rotatable bonds is 5. The number of nitrogens with zero attached hydrogens (tertiary/aromatic N) is 1. The first kappa shape index (κ1) is 14.2. The second kappa shape index (κ2) is 5.65. The van der Waals surface area contributed by atoms with Crippen molar-refractivity contribution in [2.45, 2.75) is 46.2 Å². The quantitative estimate of drug-likeness (QED) is 0.849. The number of nitrogens with two attached hydrogens (primary N) is 1. The van der Waals surface area contributed by atoms with Crippen LogP contribution in [0, 0.1) is 13.8 Å². The molecule has 0 aliphatic carbocycles. The molecule has 0 aromatic heterocycles. The SMILES string of the molecule is Cc1ccc(CN(C)CCC(C)(C)N)cc1C. The third kappa shape index (κ3) is 5.33. The molecule has 0 spiro atoms.